The standard InChI is InChI=1S/C28H30N2O5/c1-18(2)21-12-14-24(15-13-21)34-19(3)27(32)29-17-23-8-5-6-11-26(23)30-28(33)22-9-7-10-25(16-22)35-20(4)31/h5-16,18-19H,17H2,1-4H3,(H,29,32)(H,30,33). The fraction of sp³-hybridized carbons (Fsp3) is 0.250. The maximum absolute atomic E-state index is 12.8. The van der Waals surface area contributed by atoms with Gasteiger partial charge in [-0.3, -0.25) is 14.4 Å². The molecule has 35 heavy (non-hydrogen) atoms. The van der Waals surface area contributed by atoms with Crippen LogP contribution in [0.1, 0.15) is 55.1 Å². The van der Waals surface area contributed by atoms with E-state index < -0.39 is 12.1 Å². The molecular weight excluding hydrogens is 444 g/mol. The predicted octanol–water partition coefficient (Wildman–Crippen LogP) is 5.07. The number of nitrogens with one attached hydrogen (secondary N) is 2. The second-order valence-corrected chi connectivity index (χ2v) is 8.43. The zero-order chi connectivity index (χ0) is 25.4. The van der Waals surface area contributed by atoms with Crippen molar-refractivity contribution in [3.05, 3.63) is 89.5 Å². The Morgan fingerprint density at radius 1 is 0.857 bits per heavy atom. The van der Waals surface area contributed by atoms with Gasteiger partial charge in [0, 0.05) is 24.7 Å². The summed E-state index contributed by atoms with van der Waals surface area (Å²) in [6.45, 7) is 7.43. The van der Waals surface area contributed by atoms with Crippen LogP contribution < -0.4 is 20.1 Å². The molecule has 0 aliphatic heterocycles. The zero-order valence-electron chi connectivity index (χ0n) is 20.3. The second kappa shape index (κ2) is 11.8. The van der Waals surface area contributed by atoms with E-state index in [1.165, 1.54) is 18.6 Å². The van der Waals surface area contributed by atoms with Crippen molar-refractivity contribution < 1.29 is 23.9 Å². The number of para-hydroxylation sites is 1. The van der Waals surface area contributed by atoms with E-state index >= 15 is 0 Å². The summed E-state index contributed by atoms with van der Waals surface area (Å²) in [4.78, 5) is 36.6. The largest absolute Gasteiger partial charge is 0.481 e. The molecule has 7 nitrogen and oxygen atoms in total. The monoisotopic (exact) mass is 474 g/mol. The average molecular weight is 475 g/mol. The minimum absolute atomic E-state index is 0.211. The molecule has 0 aliphatic rings. The summed E-state index contributed by atoms with van der Waals surface area (Å²) in [7, 11) is 0. The van der Waals surface area contributed by atoms with Crippen LogP contribution in [-0.4, -0.2) is 23.9 Å². The summed E-state index contributed by atoms with van der Waals surface area (Å²) < 4.78 is 10.8. The van der Waals surface area contributed by atoms with E-state index in [1.807, 2.05) is 36.4 Å². The van der Waals surface area contributed by atoms with Gasteiger partial charge in [0.15, 0.2) is 6.10 Å². The van der Waals surface area contributed by atoms with Gasteiger partial charge in [0.1, 0.15) is 11.5 Å². The van der Waals surface area contributed by atoms with Crippen LogP contribution in [0, 0.1) is 0 Å². The van der Waals surface area contributed by atoms with Gasteiger partial charge in [-0.25, -0.2) is 0 Å². The SMILES string of the molecule is CC(=O)Oc1cccc(C(=O)Nc2ccccc2CNC(=O)C(C)Oc2ccc(C(C)C)cc2)c1. The van der Waals surface area contributed by atoms with Crippen LogP contribution in [0.2, 0.25) is 0 Å². The molecule has 0 heterocycles. The Morgan fingerprint density at radius 3 is 2.26 bits per heavy atom. The van der Waals surface area contributed by atoms with Gasteiger partial charge < -0.3 is 20.1 Å². The Kier molecular flexibility index (Phi) is 8.62. The predicted molar refractivity (Wildman–Crippen MR) is 135 cm³/mol. The van der Waals surface area contributed by atoms with Crippen LogP contribution >= 0.6 is 0 Å². The highest BCUT2D eigenvalue weighted by Crippen LogP contribution is 2.21. The number of anilines is 1. The van der Waals surface area contributed by atoms with E-state index in [1.54, 1.807) is 37.3 Å². The molecule has 3 aromatic carbocycles. The molecule has 7 heteroatoms. The summed E-state index contributed by atoms with van der Waals surface area (Å²) in [6, 6.07) is 21.3. The van der Waals surface area contributed by atoms with E-state index in [0.717, 1.165) is 5.56 Å². The first-order valence-electron chi connectivity index (χ1n) is 11.4. The third-order valence-electron chi connectivity index (χ3n) is 5.31. The van der Waals surface area contributed by atoms with Crippen molar-refractivity contribution in [1.29, 1.82) is 0 Å². The van der Waals surface area contributed by atoms with Gasteiger partial charge in [-0.2, -0.15) is 0 Å². The normalized spacial score (nSPS) is 11.5. The quantitative estimate of drug-likeness (QED) is 0.334. The summed E-state index contributed by atoms with van der Waals surface area (Å²) >= 11 is 0. The molecule has 1 atom stereocenters. The summed E-state index contributed by atoms with van der Waals surface area (Å²) in [5.41, 5.74) is 2.84. The Hall–Kier alpha value is -4.13. The molecule has 0 fully saturated rings. The van der Waals surface area contributed by atoms with Crippen molar-refractivity contribution in [2.45, 2.75) is 46.3 Å². The molecule has 0 radical (unpaired) electrons. The van der Waals surface area contributed by atoms with Crippen LogP contribution in [0.4, 0.5) is 5.69 Å². The number of rotatable bonds is 9. The summed E-state index contributed by atoms with van der Waals surface area (Å²) in [5.74, 6) is 0.240. The van der Waals surface area contributed by atoms with Gasteiger partial charge in [-0.05, 0) is 60.4 Å². The molecule has 2 N–H and O–H groups in total. The first-order valence-corrected chi connectivity index (χ1v) is 11.4. The van der Waals surface area contributed by atoms with Crippen LogP contribution in [0.3, 0.4) is 0 Å². The number of benzene rings is 3. The van der Waals surface area contributed by atoms with E-state index in [4.69, 9.17) is 9.47 Å². The lowest BCUT2D eigenvalue weighted by Gasteiger charge is -2.17. The number of carbonyl (C=O) groups excluding carboxylic acids is 3. The zero-order valence-corrected chi connectivity index (χ0v) is 20.3. The van der Waals surface area contributed by atoms with Crippen molar-refractivity contribution in [3.8, 4) is 11.5 Å². The molecule has 182 valence electrons. The van der Waals surface area contributed by atoms with E-state index in [-0.39, 0.29) is 18.4 Å². The van der Waals surface area contributed by atoms with Crippen molar-refractivity contribution in [3.63, 3.8) is 0 Å². The third-order valence-corrected chi connectivity index (χ3v) is 5.31. The highest BCUT2D eigenvalue weighted by Gasteiger charge is 2.16. The van der Waals surface area contributed by atoms with Crippen LogP contribution in [0.25, 0.3) is 0 Å². The van der Waals surface area contributed by atoms with Gasteiger partial charge in [0.2, 0.25) is 0 Å². The minimum atomic E-state index is -0.689. The molecule has 0 saturated heterocycles. The minimum Gasteiger partial charge on any atom is -0.481 e. The lowest BCUT2D eigenvalue weighted by atomic mass is 10.0. The number of esters is 1. The van der Waals surface area contributed by atoms with Gasteiger partial charge in [0.25, 0.3) is 11.8 Å². The maximum Gasteiger partial charge on any atom is 0.308 e. The Labute approximate surface area is 205 Å². The first kappa shape index (κ1) is 25.5. The Balaban J connectivity index is 1.60. The van der Waals surface area contributed by atoms with Crippen LogP contribution in [0.5, 0.6) is 11.5 Å². The number of hydrogen-bond donors (Lipinski definition) is 2. The number of carbonyl (C=O) groups is 3. The molecule has 1 unspecified atom stereocenters. The molecule has 0 bridgehead atoms. The number of hydrogen-bond acceptors (Lipinski definition) is 5. The molecule has 0 aliphatic carbocycles. The van der Waals surface area contributed by atoms with Gasteiger partial charge in [-0.15, -0.1) is 0 Å². The van der Waals surface area contributed by atoms with Crippen molar-refractivity contribution in [1.82, 2.24) is 5.32 Å². The van der Waals surface area contributed by atoms with Crippen LogP contribution in [-0.2, 0) is 16.1 Å². The van der Waals surface area contributed by atoms with Crippen molar-refractivity contribution in [2.24, 2.45) is 0 Å². The van der Waals surface area contributed by atoms with Gasteiger partial charge in [-0.1, -0.05) is 50.2 Å². The molecule has 0 saturated carbocycles. The molecule has 3 aromatic rings. The van der Waals surface area contributed by atoms with E-state index in [0.29, 0.717) is 28.7 Å². The van der Waals surface area contributed by atoms with Crippen molar-refractivity contribution >= 4 is 23.5 Å². The fourth-order valence-corrected chi connectivity index (χ4v) is 3.37. The maximum atomic E-state index is 12.8. The average Bonchev–Trinajstić information content (AvgIpc) is 2.83. The third kappa shape index (κ3) is 7.43. The molecular formula is C28H30N2O5. The van der Waals surface area contributed by atoms with Gasteiger partial charge >= 0.3 is 5.97 Å². The number of amides is 2. The molecule has 0 spiro atoms. The second-order valence-electron chi connectivity index (χ2n) is 8.43. The Bertz CT molecular complexity index is 1190. The topological polar surface area (TPSA) is 93.7 Å². The highest BCUT2D eigenvalue weighted by molar-refractivity contribution is 6.05. The smallest absolute Gasteiger partial charge is 0.308 e. The lowest BCUT2D eigenvalue weighted by Crippen LogP contribution is -2.36. The van der Waals surface area contributed by atoms with E-state index in [2.05, 4.69) is 24.5 Å². The molecule has 3 rings (SSSR count). The molecule has 2 amide bonds. The fourth-order valence-electron chi connectivity index (χ4n) is 3.37. The number of ether oxygens (including phenoxy) is 2. The first-order chi connectivity index (χ1) is 16.7. The summed E-state index contributed by atoms with van der Waals surface area (Å²) in [5, 5.41) is 5.71. The lowest BCUT2D eigenvalue weighted by molar-refractivity contribution is -0.132. The van der Waals surface area contributed by atoms with Crippen LogP contribution in [0.15, 0.2) is 72.8 Å². The van der Waals surface area contributed by atoms with Gasteiger partial charge in [0.05, 0.1) is 0 Å². The van der Waals surface area contributed by atoms with E-state index in [9.17, 15) is 14.4 Å². The summed E-state index contributed by atoms with van der Waals surface area (Å²) in [6.07, 6.45) is -0.689. The van der Waals surface area contributed by atoms with Crippen molar-refractivity contribution in [2.75, 3.05) is 5.32 Å². The molecule has 0 aromatic heterocycles. The Morgan fingerprint density at radius 2 is 1.57 bits per heavy atom. The highest BCUT2D eigenvalue weighted by atomic mass is 16.5.